The minimum absolute atomic E-state index is 0.821. The number of nitrogens with zero attached hydrogens (tertiary/aromatic N) is 2. The summed E-state index contributed by atoms with van der Waals surface area (Å²) in [6.45, 7) is 6.95. The third kappa shape index (κ3) is 7.98. The van der Waals surface area contributed by atoms with Gasteiger partial charge in [-0.1, -0.05) is 0 Å². The Morgan fingerprint density at radius 2 is 1.67 bits per heavy atom. The lowest BCUT2D eigenvalue weighted by molar-refractivity contribution is 0.120. The molecule has 0 heterocycles. The van der Waals surface area contributed by atoms with Crippen molar-refractivity contribution >= 4 is 0 Å². The predicted molar refractivity (Wildman–Crippen MR) is 52.5 cm³/mol. The molecular weight excluding hydrogens is 152 g/mol. The molecule has 0 fully saturated rings. The van der Waals surface area contributed by atoms with Gasteiger partial charge in [-0.25, -0.2) is 0 Å². The molecule has 3 nitrogen and oxygen atoms in total. The standard InChI is InChI=1S/C9H22N2O/c1-5-12-9-8-11(4)7-6-10(2)3/h5-9H2,1-4H3. The summed E-state index contributed by atoms with van der Waals surface area (Å²) in [5.74, 6) is 0. The van der Waals surface area contributed by atoms with Crippen LogP contribution in [-0.2, 0) is 4.74 Å². The molecule has 0 spiro atoms. The van der Waals surface area contributed by atoms with Gasteiger partial charge in [0.15, 0.2) is 0 Å². The van der Waals surface area contributed by atoms with Crippen LogP contribution in [0.4, 0.5) is 0 Å². The van der Waals surface area contributed by atoms with Crippen LogP contribution >= 0.6 is 0 Å². The van der Waals surface area contributed by atoms with Crippen LogP contribution in [0.3, 0.4) is 0 Å². The molecular formula is C9H22N2O. The fraction of sp³-hybridized carbons (Fsp3) is 1.00. The van der Waals surface area contributed by atoms with Crippen molar-refractivity contribution in [3.8, 4) is 0 Å². The molecule has 0 N–H and O–H groups in total. The Bertz CT molecular complexity index is 96.5. The van der Waals surface area contributed by atoms with E-state index >= 15 is 0 Å². The quantitative estimate of drug-likeness (QED) is 0.523. The first-order valence-electron chi connectivity index (χ1n) is 4.57. The highest BCUT2D eigenvalue weighted by Gasteiger charge is 1.97. The molecule has 0 aliphatic heterocycles. The average molecular weight is 174 g/mol. The molecule has 0 aromatic carbocycles. The van der Waals surface area contributed by atoms with Crippen molar-refractivity contribution < 1.29 is 4.74 Å². The molecule has 3 heteroatoms. The van der Waals surface area contributed by atoms with E-state index < -0.39 is 0 Å². The zero-order chi connectivity index (χ0) is 9.40. The molecule has 0 saturated carbocycles. The fourth-order valence-electron chi connectivity index (χ4n) is 0.847. The first kappa shape index (κ1) is 11.9. The van der Waals surface area contributed by atoms with Gasteiger partial charge in [0.2, 0.25) is 0 Å². The Kier molecular flexibility index (Phi) is 7.45. The smallest absolute Gasteiger partial charge is 0.0593 e. The number of likely N-dealkylation sites (N-methyl/N-ethyl adjacent to an activating group) is 2. The van der Waals surface area contributed by atoms with Crippen molar-refractivity contribution in [3.63, 3.8) is 0 Å². The van der Waals surface area contributed by atoms with E-state index in [0.717, 1.165) is 32.8 Å². The SMILES string of the molecule is CCOCCN(C)CCN(C)C. The number of hydrogen-bond acceptors (Lipinski definition) is 3. The van der Waals surface area contributed by atoms with Crippen LogP contribution in [0.1, 0.15) is 6.92 Å². The average Bonchev–Trinajstić information content (AvgIpc) is 2.01. The molecule has 0 amide bonds. The van der Waals surface area contributed by atoms with Crippen LogP contribution in [0, 0.1) is 0 Å². The van der Waals surface area contributed by atoms with Gasteiger partial charge in [-0.2, -0.15) is 0 Å². The molecule has 0 bridgehead atoms. The van der Waals surface area contributed by atoms with E-state index in [0.29, 0.717) is 0 Å². The van der Waals surface area contributed by atoms with Crippen LogP contribution in [0.25, 0.3) is 0 Å². The maximum Gasteiger partial charge on any atom is 0.0593 e. The van der Waals surface area contributed by atoms with Crippen molar-refractivity contribution in [1.29, 1.82) is 0 Å². The third-order valence-electron chi connectivity index (χ3n) is 1.75. The highest BCUT2D eigenvalue weighted by molar-refractivity contribution is 4.52. The Morgan fingerprint density at radius 1 is 1.00 bits per heavy atom. The van der Waals surface area contributed by atoms with Gasteiger partial charge in [0.1, 0.15) is 0 Å². The van der Waals surface area contributed by atoms with E-state index in [1.165, 1.54) is 0 Å². The summed E-state index contributed by atoms with van der Waals surface area (Å²) in [5.41, 5.74) is 0. The summed E-state index contributed by atoms with van der Waals surface area (Å²) in [7, 11) is 6.31. The Morgan fingerprint density at radius 3 is 2.17 bits per heavy atom. The first-order valence-corrected chi connectivity index (χ1v) is 4.57. The Balaban J connectivity index is 3.15. The highest BCUT2D eigenvalue weighted by Crippen LogP contribution is 1.84. The molecule has 0 unspecified atom stereocenters. The second-order valence-electron chi connectivity index (χ2n) is 3.30. The van der Waals surface area contributed by atoms with Gasteiger partial charge in [-0.15, -0.1) is 0 Å². The van der Waals surface area contributed by atoms with Crippen LogP contribution in [0.15, 0.2) is 0 Å². The van der Waals surface area contributed by atoms with E-state index in [1.807, 2.05) is 6.92 Å². The molecule has 0 aromatic heterocycles. The lowest BCUT2D eigenvalue weighted by Gasteiger charge is -2.18. The summed E-state index contributed by atoms with van der Waals surface area (Å²) < 4.78 is 5.26. The van der Waals surface area contributed by atoms with Crippen molar-refractivity contribution in [2.45, 2.75) is 6.92 Å². The summed E-state index contributed by atoms with van der Waals surface area (Å²) in [6.07, 6.45) is 0. The zero-order valence-corrected chi connectivity index (χ0v) is 8.84. The maximum atomic E-state index is 5.26. The summed E-state index contributed by atoms with van der Waals surface area (Å²) in [6, 6.07) is 0. The molecule has 0 radical (unpaired) electrons. The van der Waals surface area contributed by atoms with Gasteiger partial charge < -0.3 is 14.5 Å². The molecule has 12 heavy (non-hydrogen) atoms. The van der Waals surface area contributed by atoms with Crippen molar-refractivity contribution in [1.82, 2.24) is 9.80 Å². The lowest BCUT2D eigenvalue weighted by Crippen LogP contribution is -2.31. The number of rotatable bonds is 7. The lowest BCUT2D eigenvalue weighted by atomic mass is 10.5. The normalized spacial score (nSPS) is 11.5. The molecule has 0 rings (SSSR count). The van der Waals surface area contributed by atoms with Crippen LogP contribution in [-0.4, -0.2) is 63.8 Å². The van der Waals surface area contributed by atoms with Gasteiger partial charge in [0.25, 0.3) is 0 Å². The predicted octanol–water partition coefficient (Wildman–Crippen LogP) is 0.516. The van der Waals surface area contributed by atoms with E-state index in [4.69, 9.17) is 4.74 Å². The van der Waals surface area contributed by atoms with Gasteiger partial charge in [0, 0.05) is 26.2 Å². The van der Waals surface area contributed by atoms with Crippen molar-refractivity contribution in [3.05, 3.63) is 0 Å². The minimum atomic E-state index is 0.821. The topological polar surface area (TPSA) is 15.7 Å². The summed E-state index contributed by atoms with van der Waals surface area (Å²) in [4.78, 5) is 4.48. The largest absolute Gasteiger partial charge is 0.380 e. The Labute approximate surface area is 76.3 Å². The van der Waals surface area contributed by atoms with E-state index in [1.54, 1.807) is 0 Å². The molecule has 0 saturated heterocycles. The van der Waals surface area contributed by atoms with E-state index in [2.05, 4.69) is 30.9 Å². The number of ether oxygens (including phenoxy) is 1. The molecule has 0 aromatic rings. The molecule has 0 aliphatic carbocycles. The minimum Gasteiger partial charge on any atom is -0.380 e. The monoisotopic (exact) mass is 174 g/mol. The summed E-state index contributed by atoms with van der Waals surface area (Å²) >= 11 is 0. The second-order valence-corrected chi connectivity index (χ2v) is 3.30. The van der Waals surface area contributed by atoms with Gasteiger partial charge in [-0.3, -0.25) is 0 Å². The second kappa shape index (κ2) is 7.53. The zero-order valence-electron chi connectivity index (χ0n) is 8.84. The maximum absolute atomic E-state index is 5.26. The van der Waals surface area contributed by atoms with E-state index in [-0.39, 0.29) is 0 Å². The fourth-order valence-corrected chi connectivity index (χ4v) is 0.847. The van der Waals surface area contributed by atoms with Gasteiger partial charge in [0.05, 0.1) is 6.61 Å². The van der Waals surface area contributed by atoms with Crippen molar-refractivity contribution in [2.75, 3.05) is 54.0 Å². The molecule has 74 valence electrons. The van der Waals surface area contributed by atoms with Crippen molar-refractivity contribution in [2.24, 2.45) is 0 Å². The van der Waals surface area contributed by atoms with Gasteiger partial charge >= 0.3 is 0 Å². The van der Waals surface area contributed by atoms with Crippen LogP contribution < -0.4 is 0 Å². The summed E-state index contributed by atoms with van der Waals surface area (Å²) in [5, 5.41) is 0. The highest BCUT2D eigenvalue weighted by atomic mass is 16.5. The Hall–Kier alpha value is -0.120. The van der Waals surface area contributed by atoms with Crippen LogP contribution in [0.5, 0.6) is 0 Å². The molecule has 0 atom stereocenters. The first-order chi connectivity index (χ1) is 5.66. The molecule has 0 aliphatic rings. The van der Waals surface area contributed by atoms with Gasteiger partial charge in [-0.05, 0) is 28.1 Å². The third-order valence-corrected chi connectivity index (χ3v) is 1.75. The van der Waals surface area contributed by atoms with Crippen LogP contribution in [0.2, 0.25) is 0 Å². The number of hydrogen-bond donors (Lipinski definition) is 0. The van der Waals surface area contributed by atoms with E-state index in [9.17, 15) is 0 Å².